The van der Waals surface area contributed by atoms with Gasteiger partial charge in [0.1, 0.15) is 12.7 Å². The highest BCUT2D eigenvalue weighted by Crippen LogP contribution is 2.14. The Hall–Kier alpha value is -1.85. The molecule has 0 saturated heterocycles. The summed E-state index contributed by atoms with van der Waals surface area (Å²) in [4.78, 5) is 17.7. The lowest BCUT2D eigenvalue weighted by Crippen LogP contribution is -2.44. The third-order valence-electron chi connectivity index (χ3n) is 2.99. The number of amides is 2. The average molecular weight is 249 g/mol. The van der Waals surface area contributed by atoms with Crippen molar-refractivity contribution in [3.63, 3.8) is 0 Å². The molecule has 1 aliphatic rings. The van der Waals surface area contributed by atoms with Gasteiger partial charge < -0.3 is 10.2 Å². The molecule has 6 nitrogen and oxygen atoms in total. The van der Waals surface area contributed by atoms with Gasteiger partial charge in [-0.3, -0.25) is 4.68 Å². The summed E-state index contributed by atoms with van der Waals surface area (Å²) in [6, 6.07) is 0.250. The van der Waals surface area contributed by atoms with E-state index in [9.17, 15) is 4.79 Å². The van der Waals surface area contributed by atoms with E-state index in [0.29, 0.717) is 19.6 Å². The first-order valence-electron chi connectivity index (χ1n) is 6.35. The minimum Gasteiger partial charge on any atom is -0.336 e. The number of hydrogen-bond donors (Lipinski definition) is 1. The molecule has 1 aromatic heterocycles. The molecule has 1 aromatic rings. The van der Waals surface area contributed by atoms with Gasteiger partial charge in [-0.2, -0.15) is 5.10 Å². The second-order valence-corrected chi connectivity index (χ2v) is 4.33. The van der Waals surface area contributed by atoms with Crippen LogP contribution in [0.1, 0.15) is 19.8 Å². The second kappa shape index (κ2) is 6.18. The fourth-order valence-electron chi connectivity index (χ4n) is 2.08. The van der Waals surface area contributed by atoms with Crippen molar-refractivity contribution in [1.29, 1.82) is 0 Å². The highest BCUT2D eigenvalue weighted by Gasteiger charge is 2.23. The number of aromatic nitrogens is 3. The molecule has 0 radical (unpaired) electrons. The van der Waals surface area contributed by atoms with Gasteiger partial charge in [-0.1, -0.05) is 25.5 Å². The molecule has 0 fully saturated rings. The molecule has 0 spiro atoms. The van der Waals surface area contributed by atoms with Crippen molar-refractivity contribution in [1.82, 2.24) is 25.0 Å². The molecule has 2 rings (SSSR count). The molecular formula is C12H19N5O. The Balaban J connectivity index is 1.74. The molecule has 1 N–H and O–H groups in total. The minimum absolute atomic E-state index is 0.00133. The van der Waals surface area contributed by atoms with Crippen LogP contribution in [0.15, 0.2) is 24.8 Å². The number of carbonyl (C=O) groups excluding carboxylic acids is 1. The molecule has 0 aliphatic carbocycles. The summed E-state index contributed by atoms with van der Waals surface area (Å²) in [5.41, 5.74) is 0. The number of urea groups is 1. The van der Waals surface area contributed by atoms with Crippen LogP contribution in [-0.4, -0.2) is 44.8 Å². The van der Waals surface area contributed by atoms with Gasteiger partial charge in [0.05, 0.1) is 12.6 Å². The van der Waals surface area contributed by atoms with Gasteiger partial charge in [0.15, 0.2) is 0 Å². The summed E-state index contributed by atoms with van der Waals surface area (Å²) in [5.74, 6) is 0. The van der Waals surface area contributed by atoms with Crippen molar-refractivity contribution in [2.75, 3.05) is 13.1 Å². The number of rotatable bonds is 5. The SMILES string of the molecule is CCC[C@@H]1C=CCN1C(=O)NCCn1cncn1. The van der Waals surface area contributed by atoms with Gasteiger partial charge in [0.25, 0.3) is 0 Å². The van der Waals surface area contributed by atoms with Crippen molar-refractivity contribution in [3.05, 3.63) is 24.8 Å². The van der Waals surface area contributed by atoms with E-state index in [-0.39, 0.29) is 12.1 Å². The van der Waals surface area contributed by atoms with Gasteiger partial charge in [-0.25, -0.2) is 9.78 Å². The monoisotopic (exact) mass is 249 g/mol. The molecule has 2 heterocycles. The lowest BCUT2D eigenvalue weighted by Gasteiger charge is -2.24. The topological polar surface area (TPSA) is 63.1 Å². The van der Waals surface area contributed by atoms with Crippen LogP contribution < -0.4 is 5.32 Å². The molecule has 0 bridgehead atoms. The second-order valence-electron chi connectivity index (χ2n) is 4.33. The van der Waals surface area contributed by atoms with Crippen LogP contribution in [0.5, 0.6) is 0 Å². The van der Waals surface area contributed by atoms with Gasteiger partial charge in [-0.15, -0.1) is 0 Å². The van der Waals surface area contributed by atoms with Crippen LogP contribution in [0.4, 0.5) is 4.79 Å². The van der Waals surface area contributed by atoms with Crippen molar-refractivity contribution in [2.24, 2.45) is 0 Å². The molecule has 98 valence electrons. The number of carbonyl (C=O) groups is 1. The summed E-state index contributed by atoms with van der Waals surface area (Å²) in [7, 11) is 0. The predicted molar refractivity (Wildman–Crippen MR) is 68.0 cm³/mol. The smallest absolute Gasteiger partial charge is 0.318 e. The van der Waals surface area contributed by atoms with Gasteiger partial charge in [0.2, 0.25) is 0 Å². The van der Waals surface area contributed by atoms with E-state index in [2.05, 4.69) is 34.5 Å². The number of nitrogens with zero attached hydrogens (tertiary/aromatic N) is 4. The maximum absolute atomic E-state index is 12.0. The molecule has 18 heavy (non-hydrogen) atoms. The van der Waals surface area contributed by atoms with Crippen LogP contribution in [0, 0.1) is 0 Å². The van der Waals surface area contributed by atoms with E-state index >= 15 is 0 Å². The maximum atomic E-state index is 12.0. The van der Waals surface area contributed by atoms with Crippen LogP contribution >= 0.6 is 0 Å². The lowest BCUT2D eigenvalue weighted by molar-refractivity contribution is 0.194. The van der Waals surface area contributed by atoms with Gasteiger partial charge in [-0.05, 0) is 6.42 Å². The zero-order valence-corrected chi connectivity index (χ0v) is 10.6. The summed E-state index contributed by atoms with van der Waals surface area (Å²) < 4.78 is 1.70. The van der Waals surface area contributed by atoms with E-state index in [0.717, 1.165) is 12.8 Å². The zero-order chi connectivity index (χ0) is 12.8. The standard InChI is InChI=1S/C12H19N5O/c1-2-4-11-5-3-7-17(11)12(18)14-6-8-16-10-13-9-15-16/h3,5,9-11H,2,4,6-8H2,1H3,(H,14,18)/t11-/m1/s1. The highest BCUT2D eigenvalue weighted by atomic mass is 16.2. The largest absolute Gasteiger partial charge is 0.336 e. The summed E-state index contributed by atoms with van der Waals surface area (Å²) in [5, 5.41) is 6.89. The van der Waals surface area contributed by atoms with Crippen LogP contribution in [-0.2, 0) is 6.54 Å². The Labute approximate surface area is 107 Å². The average Bonchev–Trinajstić information content (AvgIpc) is 3.00. The number of hydrogen-bond acceptors (Lipinski definition) is 3. The van der Waals surface area contributed by atoms with Crippen molar-refractivity contribution >= 4 is 6.03 Å². The van der Waals surface area contributed by atoms with E-state index < -0.39 is 0 Å². The fourth-order valence-corrected chi connectivity index (χ4v) is 2.08. The van der Waals surface area contributed by atoms with E-state index in [1.165, 1.54) is 6.33 Å². The third kappa shape index (κ3) is 3.09. The molecular weight excluding hydrogens is 230 g/mol. The van der Waals surface area contributed by atoms with E-state index in [1.54, 1.807) is 11.0 Å². The first-order valence-corrected chi connectivity index (χ1v) is 6.35. The van der Waals surface area contributed by atoms with Crippen molar-refractivity contribution in [3.8, 4) is 0 Å². The number of nitrogens with one attached hydrogen (secondary N) is 1. The molecule has 0 unspecified atom stereocenters. The normalized spacial score (nSPS) is 18.3. The first kappa shape index (κ1) is 12.6. The van der Waals surface area contributed by atoms with E-state index in [4.69, 9.17) is 0 Å². The molecule has 1 atom stereocenters. The van der Waals surface area contributed by atoms with Crippen LogP contribution in [0.25, 0.3) is 0 Å². The van der Waals surface area contributed by atoms with Gasteiger partial charge in [0, 0.05) is 13.1 Å². The Kier molecular flexibility index (Phi) is 4.33. The molecule has 1 aliphatic heterocycles. The Morgan fingerprint density at radius 2 is 2.44 bits per heavy atom. The Morgan fingerprint density at radius 1 is 1.56 bits per heavy atom. The molecule has 2 amide bonds. The maximum Gasteiger partial charge on any atom is 0.318 e. The van der Waals surface area contributed by atoms with Gasteiger partial charge >= 0.3 is 6.03 Å². The Morgan fingerprint density at radius 3 is 3.17 bits per heavy atom. The predicted octanol–water partition coefficient (Wildman–Crippen LogP) is 1.03. The molecule has 0 aromatic carbocycles. The van der Waals surface area contributed by atoms with E-state index in [1.807, 2.05) is 4.90 Å². The Bertz CT molecular complexity index is 401. The van der Waals surface area contributed by atoms with Crippen molar-refractivity contribution in [2.45, 2.75) is 32.4 Å². The molecule has 0 saturated carbocycles. The molecule has 6 heteroatoms. The quantitative estimate of drug-likeness (QED) is 0.793. The fraction of sp³-hybridized carbons (Fsp3) is 0.583. The zero-order valence-electron chi connectivity index (χ0n) is 10.6. The van der Waals surface area contributed by atoms with Crippen molar-refractivity contribution < 1.29 is 4.79 Å². The first-order chi connectivity index (χ1) is 8.81. The lowest BCUT2D eigenvalue weighted by atomic mass is 10.2. The summed E-state index contributed by atoms with van der Waals surface area (Å²) in [6.45, 7) is 4.05. The highest BCUT2D eigenvalue weighted by molar-refractivity contribution is 5.75. The minimum atomic E-state index is -0.00133. The summed E-state index contributed by atoms with van der Waals surface area (Å²) >= 11 is 0. The third-order valence-corrected chi connectivity index (χ3v) is 2.99. The van der Waals surface area contributed by atoms with Crippen LogP contribution in [0.2, 0.25) is 0 Å². The van der Waals surface area contributed by atoms with Crippen LogP contribution in [0.3, 0.4) is 0 Å². The summed E-state index contributed by atoms with van der Waals surface area (Å²) in [6.07, 6.45) is 9.40.